The van der Waals surface area contributed by atoms with Crippen LogP contribution in [0.5, 0.6) is 5.75 Å². The molecule has 0 fully saturated rings. The Morgan fingerprint density at radius 2 is 2.19 bits per heavy atom. The number of hydrogen-bond acceptors (Lipinski definition) is 3. The van der Waals surface area contributed by atoms with Gasteiger partial charge in [0, 0.05) is 10.0 Å². The molecule has 0 aliphatic heterocycles. The minimum atomic E-state index is -1.04. The Bertz CT molecular complexity index is 516. The zero-order valence-corrected chi connectivity index (χ0v) is 13.9. The summed E-state index contributed by atoms with van der Waals surface area (Å²) in [6.07, 6.45) is 0.344. The molecular weight excluding hydrogens is 338 g/mol. The average Bonchev–Trinajstić information content (AvgIpc) is 2.34. The highest BCUT2D eigenvalue weighted by atomic mass is 79.9. The van der Waals surface area contributed by atoms with E-state index in [4.69, 9.17) is 9.84 Å². The third-order valence-electron chi connectivity index (χ3n) is 2.93. The Morgan fingerprint density at radius 1 is 1.52 bits per heavy atom. The Morgan fingerprint density at radius 3 is 2.76 bits per heavy atom. The van der Waals surface area contributed by atoms with E-state index >= 15 is 0 Å². The molecule has 1 atom stereocenters. The number of carbonyl (C=O) groups is 2. The Labute approximate surface area is 132 Å². The van der Waals surface area contributed by atoms with Crippen LogP contribution in [0, 0.1) is 5.92 Å². The molecule has 116 valence electrons. The number of ether oxygens (including phenoxy) is 1. The molecule has 0 aliphatic carbocycles. The number of rotatable bonds is 7. The van der Waals surface area contributed by atoms with Crippen molar-refractivity contribution in [2.45, 2.75) is 32.7 Å². The second-order valence-electron chi connectivity index (χ2n) is 5.73. The molecule has 0 aromatic heterocycles. The predicted molar refractivity (Wildman–Crippen MR) is 84.0 cm³/mol. The first kappa shape index (κ1) is 17.5. The predicted octanol–water partition coefficient (Wildman–Crippen LogP) is 3.71. The van der Waals surface area contributed by atoms with Crippen molar-refractivity contribution >= 4 is 28.3 Å². The fourth-order valence-corrected chi connectivity index (χ4v) is 2.62. The van der Waals surface area contributed by atoms with Gasteiger partial charge >= 0.3 is 6.09 Å². The van der Waals surface area contributed by atoms with Crippen molar-refractivity contribution in [1.82, 2.24) is 5.32 Å². The molecule has 6 heteroatoms. The first-order chi connectivity index (χ1) is 9.73. The maximum atomic E-state index is 11.0. The minimum absolute atomic E-state index is 0.134. The molecule has 1 amide bonds. The SMILES string of the molecule is C[C@H](COc1ccc(Br)cc1C=O)CC(C)(C)NC(=O)O. The molecule has 21 heavy (non-hydrogen) atoms. The van der Waals surface area contributed by atoms with Crippen LogP contribution in [0.4, 0.5) is 4.79 Å². The molecule has 0 unspecified atom stereocenters. The highest BCUT2D eigenvalue weighted by Crippen LogP contribution is 2.23. The standard InChI is InChI=1S/C15H20BrNO4/c1-10(7-15(2,3)17-14(19)20)9-21-13-5-4-12(16)6-11(13)8-18/h4-6,8,10,17H,7,9H2,1-3H3,(H,19,20)/t10-/m0/s1. The number of halogens is 1. The summed E-state index contributed by atoms with van der Waals surface area (Å²) < 4.78 is 6.48. The van der Waals surface area contributed by atoms with Crippen LogP contribution in [0.3, 0.4) is 0 Å². The molecule has 0 bridgehead atoms. The molecule has 1 aromatic carbocycles. The number of carbonyl (C=O) groups excluding carboxylic acids is 1. The third-order valence-corrected chi connectivity index (χ3v) is 3.42. The van der Waals surface area contributed by atoms with Gasteiger partial charge in [0.05, 0.1) is 12.2 Å². The number of carboxylic acid groups (broad SMARTS) is 1. The van der Waals surface area contributed by atoms with E-state index in [1.165, 1.54) is 0 Å². The summed E-state index contributed by atoms with van der Waals surface area (Å²) in [5.74, 6) is 0.666. The Kier molecular flexibility index (Phi) is 6.20. The van der Waals surface area contributed by atoms with E-state index in [0.717, 1.165) is 10.8 Å². The van der Waals surface area contributed by atoms with E-state index in [1.807, 2.05) is 26.8 Å². The summed E-state index contributed by atoms with van der Waals surface area (Å²) in [5, 5.41) is 11.3. The fraction of sp³-hybridized carbons (Fsp3) is 0.467. The number of nitrogens with one attached hydrogen (secondary N) is 1. The zero-order valence-electron chi connectivity index (χ0n) is 12.4. The molecular formula is C15H20BrNO4. The largest absolute Gasteiger partial charge is 0.493 e. The summed E-state index contributed by atoms with van der Waals surface area (Å²) in [4.78, 5) is 21.7. The van der Waals surface area contributed by atoms with Gasteiger partial charge in [-0.1, -0.05) is 22.9 Å². The third kappa shape index (κ3) is 6.16. The molecule has 0 heterocycles. The number of aldehydes is 1. The van der Waals surface area contributed by atoms with Gasteiger partial charge in [-0.15, -0.1) is 0 Å². The van der Waals surface area contributed by atoms with Gasteiger partial charge in [0.2, 0.25) is 0 Å². The summed E-state index contributed by atoms with van der Waals surface area (Å²) in [6, 6.07) is 5.24. The van der Waals surface area contributed by atoms with Gasteiger partial charge in [-0.3, -0.25) is 4.79 Å². The fourth-order valence-electron chi connectivity index (χ4n) is 2.25. The molecule has 0 radical (unpaired) electrons. The minimum Gasteiger partial charge on any atom is -0.493 e. The highest BCUT2D eigenvalue weighted by Gasteiger charge is 2.23. The summed E-state index contributed by atoms with van der Waals surface area (Å²) >= 11 is 3.30. The molecule has 0 saturated heterocycles. The van der Waals surface area contributed by atoms with Gasteiger partial charge in [-0.2, -0.15) is 0 Å². The van der Waals surface area contributed by atoms with E-state index in [0.29, 0.717) is 24.3 Å². The van der Waals surface area contributed by atoms with Crippen molar-refractivity contribution < 1.29 is 19.4 Å². The van der Waals surface area contributed by atoms with Gasteiger partial charge in [-0.25, -0.2) is 4.79 Å². The summed E-state index contributed by atoms with van der Waals surface area (Å²) in [7, 11) is 0. The number of benzene rings is 1. The smallest absolute Gasteiger partial charge is 0.405 e. The lowest BCUT2D eigenvalue weighted by molar-refractivity contribution is 0.111. The van der Waals surface area contributed by atoms with Crippen LogP contribution in [0.25, 0.3) is 0 Å². The van der Waals surface area contributed by atoms with Crippen molar-refractivity contribution in [3.63, 3.8) is 0 Å². The molecule has 0 aliphatic rings. The second-order valence-corrected chi connectivity index (χ2v) is 6.65. The van der Waals surface area contributed by atoms with E-state index in [9.17, 15) is 9.59 Å². The van der Waals surface area contributed by atoms with Gasteiger partial charge in [0.25, 0.3) is 0 Å². The Balaban J connectivity index is 2.59. The van der Waals surface area contributed by atoms with Gasteiger partial charge in [-0.05, 0) is 44.4 Å². The molecule has 0 spiro atoms. The quantitative estimate of drug-likeness (QED) is 0.729. The lowest BCUT2D eigenvalue weighted by atomic mass is 9.92. The van der Waals surface area contributed by atoms with Crippen LogP contribution < -0.4 is 10.1 Å². The second kappa shape index (κ2) is 7.45. The first-order valence-electron chi connectivity index (χ1n) is 6.62. The zero-order chi connectivity index (χ0) is 16.0. The van der Waals surface area contributed by atoms with Crippen molar-refractivity contribution in [3.8, 4) is 5.75 Å². The van der Waals surface area contributed by atoms with Gasteiger partial charge in [0.15, 0.2) is 6.29 Å². The highest BCUT2D eigenvalue weighted by molar-refractivity contribution is 9.10. The van der Waals surface area contributed by atoms with Crippen LogP contribution in [0.2, 0.25) is 0 Å². The normalized spacial score (nSPS) is 12.6. The van der Waals surface area contributed by atoms with Crippen molar-refractivity contribution in [1.29, 1.82) is 0 Å². The van der Waals surface area contributed by atoms with Crippen molar-refractivity contribution in [2.24, 2.45) is 5.92 Å². The Hall–Kier alpha value is -1.56. The molecule has 1 aromatic rings. The van der Waals surface area contributed by atoms with Crippen LogP contribution in [-0.2, 0) is 0 Å². The summed E-state index contributed by atoms with van der Waals surface area (Å²) in [5.41, 5.74) is -0.0403. The molecule has 2 N–H and O–H groups in total. The topological polar surface area (TPSA) is 75.6 Å². The lowest BCUT2D eigenvalue weighted by Crippen LogP contribution is -2.44. The average molecular weight is 358 g/mol. The van der Waals surface area contributed by atoms with Crippen LogP contribution in [-0.4, -0.2) is 29.6 Å². The molecule has 5 nitrogen and oxygen atoms in total. The number of hydrogen-bond donors (Lipinski definition) is 2. The van der Waals surface area contributed by atoms with Crippen LogP contribution >= 0.6 is 15.9 Å². The monoisotopic (exact) mass is 357 g/mol. The van der Waals surface area contributed by atoms with Crippen LogP contribution in [0.15, 0.2) is 22.7 Å². The van der Waals surface area contributed by atoms with Crippen molar-refractivity contribution in [3.05, 3.63) is 28.2 Å². The van der Waals surface area contributed by atoms with Crippen molar-refractivity contribution in [2.75, 3.05) is 6.61 Å². The molecule has 1 rings (SSSR count). The van der Waals surface area contributed by atoms with Gasteiger partial charge in [0.1, 0.15) is 5.75 Å². The van der Waals surface area contributed by atoms with Gasteiger partial charge < -0.3 is 15.2 Å². The maximum absolute atomic E-state index is 11.0. The van der Waals surface area contributed by atoms with E-state index < -0.39 is 11.6 Å². The van der Waals surface area contributed by atoms with E-state index in [1.54, 1.807) is 12.1 Å². The van der Waals surface area contributed by atoms with E-state index in [-0.39, 0.29) is 5.92 Å². The summed E-state index contributed by atoms with van der Waals surface area (Å²) in [6.45, 7) is 6.04. The first-order valence-corrected chi connectivity index (χ1v) is 7.41. The lowest BCUT2D eigenvalue weighted by Gasteiger charge is -2.28. The molecule has 0 saturated carbocycles. The maximum Gasteiger partial charge on any atom is 0.405 e. The van der Waals surface area contributed by atoms with Crippen LogP contribution in [0.1, 0.15) is 37.6 Å². The van der Waals surface area contributed by atoms with E-state index in [2.05, 4.69) is 21.2 Å². The number of amides is 1.